The van der Waals surface area contributed by atoms with E-state index in [0.717, 1.165) is 0 Å². The number of nitrogens with two attached hydrogens (primary N) is 1. The number of hydrogen-bond acceptors (Lipinski definition) is 2. The van der Waals surface area contributed by atoms with Crippen molar-refractivity contribution in [2.75, 3.05) is 6.61 Å². The second kappa shape index (κ2) is 3.74. The molecule has 0 spiro atoms. The molecule has 0 fully saturated rings. The van der Waals surface area contributed by atoms with Crippen LogP contribution in [0.2, 0.25) is 0 Å². The molecular formula is C4H9F2NO. The van der Waals surface area contributed by atoms with Gasteiger partial charge in [0.05, 0.1) is 6.04 Å². The Morgan fingerprint density at radius 2 is 2.00 bits per heavy atom. The van der Waals surface area contributed by atoms with Gasteiger partial charge < -0.3 is 10.8 Å². The van der Waals surface area contributed by atoms with Gasteiger partial charge in [0, 0.05) is 6.61 Å². The standard InChI is InChI=1S/C4H9F2NO/c5-4(6)3(7)1-2-8/h3-4,8H,1-2,7H2/t3-/m1/s1. The third-order valence-corrected chi connectivity index (χ3v) is 0.786. The number of halogens is 2. The maximum absolute atomic E-state index is 11.4. The number of hydrogen-bond donors (Lipinski definition) is 2. The Labute approximate surface area is 46.3 Å². The van der Waals surface area contributed by atoms with Gasteiger partial charge in [-0.05, 0) is 6.42 Å². The zero-order chi connectivity index (χ0) is 6.57. The average molecular weight is 125 g/mol. The first-order valence-electron chi connectivity index (χ1n) is 2.33. The van der Waals surface area contributed by atoms with Gasteiger partial charge in [-0.2, -0.15) is 0 Å². The van der Waals surface area contributed by atoms with Crippen molar-refractivity contribution in [1.82, 2.24) is 0 Å². The number of alkyl halides is 2. The predicted molar refractivity (Wildman–Crippen MR) is 25.7 cm³/mol. The molecule has 0 aromatic carbocycles. The van der Waals surface area contributed by atoms with Crippen LogP contribution in [0.5, 0.6) is 0 Å². The third-order valence-electron chi connectivity index (χ3n) is 0.786. The van der Waals surface area contributed by atoms with Crippen LogP contribution in [0.15, 0.2) is 0 Å². The molecule has 4 heteroatoms. The first kappa shape index (κ1) is 7.78. The van der Waals surface area contributed by atoms with Gasteiger partial charge in [0.1, 0.15) is 0 Å². The summed E-state index contributed by atoms with van der Waals surface area (Å²) in [5, 5.41) is 8.07. The lowest BCUT2D eigenvalue weighted by Gasteiger charge is -2.05. The van der Waals surface area contributed by atoms with E-state index in [2.05, 4.69) is 0 Å². The Hall–Kier alpha value is -0.220. The van der Waals surface area contributed by atoms with Gasteiger partial charge in [0.25, 0.3) is 6.43 Å². The minimum absolute atomic E-state index is 0.0301. The van der Waals surface area contributed by atoms with Crippen LogP contribution >= 0.6 is 0 Å². The second-order valence-corrected chi connectivity index (χ2v) is 1.51. The topological polar surface area (TPSA) is 46.2 Å². The molecule has 0 heterocycles. The van der Waals surface area contributed by atoms with E-state index in [1.807, 2.05) is 0 Å². The predicted octanol–water partition coefficient (Wildman–Crippen LogP) is -0.0388. The fourth-order valence-corrected chi connectivity index (χ4v) is 0.275. The first-order valence-corrected chi connectivity index (χ1v) is 2.33. The summed E-state index contributed by atoms with van der Waals surface area (Å²) < 4.78 is 22.8. The number of aliphatic hydroxyl groups is 1. The summed E-state index contributed by atoms with van der Waals surface area (Å²) in [5.41, 5.74) is 4.82. The second-order valence-electron chi connectivity index (χ2n) is 1.51. The Kier molecular flexibility index (Phi) is 3.64. The maximum atomic E-state index is 11.4. The summed E-state index contributed by atoms with van der Waals surface area (Å²) in [6.07, 6.45) is -2.54. The molecule has 0 saturated carbocycles. The molecule has 8 heavy (non-hydrogen) atoms. The summed E-state index contributed by atoms with van der Waals surface area (Å²) in [6, 6.07) is -1.17. The normalized spacial score (nSPS) is 14.6. The van der Waals surface area contributed by atoms with E-state index < -0.39 is 12.5 Å². The van der Waals surface area contributed by atoms with Crippen LogP contribution in [0, 0.1) is 0 Å². The fraction of sp³-hybridized carbons (Fsp3) is 1.00. The SMILES string of the molecule is N[C@H](CCO)C(F)F. The van der Waals surface area contributed by atoms with Crippen LogP contribution in [0.4, 0.5) is 8.78 Å². The summed E-state index contributed by atoms with van der Waals surface area (Å²) in [7, 11) is 0. The van der Waals surface area contributed by atoms with E-state index in [1.54, 1.807) is 0 Å². The molecule has 1 atom stereocenters. The minimum atomic E-state index is -2.51. The van der Waals surface area contributed by atoms with Crippen LogP contribution in [0.25, 0.3) is 0 Å². The zero-order valence-electron chi connectivity index (χ0n) is 4.35. The molecular weight excluding hydrogens is 116 g/mol. The van der Waals surface area contributed by atoms with E-state index in [9.17, 15) is 8.78 Å². The van der Waals surface area contributed by atoms with Gasteiger partial charge in [0.2, 0.25) is 0 Å². The van der Waals surface area contributed by atoms with Crippen molar-refractivity contribution in [2.24, 2.45) is 5.73 Å². The molecule has 0 radical (unpaired) electrons. The van der Waals surface area contributed by atoms with Crippen LogP contribution in [-0.2, 0) is 0 Å². The largest absolute Gasteiger partial charge is 0.396 e. The van der Waals surface area contributed by atoms with Crippen molar-refractivity contribution < 1.29 is 13.9 Å². The van der Waals surface area contributed by atoms with Crippen LogP contribution in [-0.4, -0.2) is 24.2 Å². The minimum Gasteiger partial charge on any atom is -0.396 e. The Balaban J connectivity index is 3.17. The molecule has 3 N–H and O–H groups in total. The fourth-order valence-electron chi connectivity index (χ4n) is 0.275. The third kappa shape index (κ3) is 2.87. The van der Waals surface area contributed by atoms with Gasteiger partial charge in [0.15, 0.2) is 0 Å². The maximum Gasteiger partial charge on any atom is 0.253 e. The molecule has 0 bridgehead atoms. The zero-order valence-corrected chi connectivity index (χ0v) is 4.35. The monoisotopic (exact) mass is 125 g/mol. The molecule has 0 aromatic rings. The van der Waals surface area contributed by atoms with E-state index >= 15 is 0 Å². The highest BCUT2D eigenvalue weighted by atomic mass is 19.3. The lowest BCUT2D eigenvalue weighted by molar-refractivity contribution is 0.101. The van der Waals surface area contributed by atoms with Crippen molar-refractivity contribution in [3.05, 3.63) is 0 Å². The van der Waals surface area contributed by atoms with Gasteiger partial charge in [-0.3, -0.25) is 0 Å². The smallest absolute Gasteiger partial charge is 0.253 e. The van der Waals surface area contributed by atoms with Crippen molar-refractivity contribution in [1.29, 1.82) is 0 Å². The Morgan fingerprint density at radius 3 is 2.12 bits per heavy atom. The van der Waals surface area contributed by atoms with Crippen molar-refractivity contribution in [3.63, 3.8) is 0 Å². The molecule has 0 aliphatic carbocycles. The lowest BCUT2D eigenvalue weighted by Crippen LogP contribution is -2.29. The van der Waals surface area contributed by atoms with Crippen LogP contribution in [0.1, 0.15) is 6.42 Å². The van der Waals surface area contributed by atoms with Crippen molar-refractivity contribution >= 4 is 0 Å². The molecule has 0 unspecified atom stereocenters. The highest BCUT2D eigenvalue weighted by Gasteiger charge is 2.12. The lowest BCUT2D eigenvalue weighted by atomic mass is 10.2. The number of aliphatic hydroxyl groups excluding tert-OH is 1. The van der Waals surface area contributed by atoms with E-state index in [0.29, 0.717) is 0 Å². The summed E-state index contributed by atoms with van der Waals surface area (Å²) >= 11 is 0. The first-order chi connectivity index (χ1) is 3.68. The molecule has 2 nitrogen and oxygen atoms in total. The van der Waals surface area contributed by atoms with Crippen LogP contribution < -0.4 is 5.73 Å². The summed E-state index contributed by atoms with van der Waals surface area (Å²) in [4.78, 5) is 0. The Bertz CT molecular complexity index is 60.0. The highest BCUT2D eigenvalue weighted by Crippen LogP contribution is 2.00. The van der Waals surface area contributed by atoms with Crippen molar-refractivity contribution in [3.8, 4) is 0 Å². The van der Waals surface area contributed by atoms with Gasteiger partial charge in [-0.25, -0.2) is 8.78 Å². The van der Waals surface area contributed by atoms with E-state index in [4.69, 9.17) is 10.8 Å². The molecule has 0 aromatic heterocycles. The van der Waals surface area contributed by atoms with Gasteiger partial charge in [-0.15, -0.1) is 0 Å². The highest BCUT2D eigenvalue weighted by molar-refractivity contribution is 4.61. The van der Waals surface area contributed by atoms with E-state index in [1.165, 1.54) is 0 Å². The molecule has 50 valence electrons. The molecule has 0 saturated heterocycles. The molecule has 0 aliphatic rings. The van der Waals surface area contributed by atoms with E-state index in [-0.39, 0.29) is 13.0 Å². The number of rotatable bonds is 3. The Morgan fingerprint density at radius 1 is 1.50 bits per heavy atom. The van der Waals surface area contributed by atoms with Crippen LogP contribution in [0.3, 0.4) is 0 Å². The van der Waals surface area contributed by atoms with Crippen molar-refractivity contribution in [2.45, 2.75) is 18.9 Å². The summed E-state index contributed by atoms with van der Waals surface area (Å²) in [6.45, 7) is -0.272. The van der Waals surface area contributed by atoms with Gasteiger partial charge >= 0.3 is 0 Å². The summed E-state index contributed by atoms with van der Waals surface area (Å²) in [5.74, 6) is 0. The molecule has 0 rings (SSSR count). The molecule has 0 aliphatic heterocycles. The molecule has 0 amide bonds. The average Bonchev–Trinajstić information content (AvgIpc) is 1.67. The quantitative estimate of drug-likeness (QED) is 0.556. The van der Waals surface area contributed by atoms with Gasteiger partial charge in [-0.1, -0.05) is 0 Å².